The maximum absolute atomic E-state index is 11.5. The average molecular weight is 232 g/mol. The van der Waals surface area contributed by atoms with Crippen LogP contribution in [-0.4, -0.2) is 17.2 Å². The van der Waals surface area contributed by atoms with Crippen molar-refractivity contribution in [3.8, 4) is 0 Å². The Morgan fingerprint density at radius 2 is 2.43 bits per heavy atom. The molecule has 1 aromatic carbocycles. The molecule has 1 saturated heterocycles. The Hall–Kier alpha value is -0.420. The van der Waals surface area contributed by atoms with E-state index in [1.165, 1.54) is 0 Å². The Morgan fingerprint density at radius 1 is 1.64 bits per heavy atom. The summed E-state index contributed by atoms with van der Waals surface area (Å²) < 4.78 is 18.3. The van der Waals surface area contributed by atoms with Crippen LogP contribution < -0.4 is 4.31 Å². The summed E-state index contributed by atoms with van der Waals surface area (Å²) in [6.07, 6.45) is -0.00480. The number of benzene rings is 1. The van der Waals surface area contributed by atoms with E-state index in [9.17, 15) is 4.55 Å². The van der Waals surface area contributed by atoms with Gasteiger partial charge < -0.3 is 4.55 Å². The van der Waals surface area contributed by atoms with Crippen LogP contribution in [0.5, 0.6) is 0 Å². The van der Waals surface area contributed by atoms with Gasteiger partial charge in [0.1, 0.15) is 6.10 Å². The van der Waals surface area contributed by atoms with Crippen molar-refractivity contribution in [1.29, 1.82) is 0 Å². The second kappa shape index (κ2) is 3.98. The highest BCUT2D eigenvalue weighted by atomic mass is 35.5. The van der Waals surface area contributed by atoms with Crippen molar-refractivity contribution in [2.24, 2.45) is 0 Å². The minimum Gasteiger partial charge on any atom is -0.560 e. The topological polar surface area (TPSA) is 35.5 Å². The fourth-order valence-electron chi connectivity index (χ4n) is 1.34. The smallest absolute Gasteiger partial charge is 0.246 e. The normalized spacial score (nSPS) is 26.9. The van der Waals surface area contributed by atoms with E-state index in [4.69, 9.17) is 15.8 Å². The summed E-state index contributed by atoms with van der Waals surface area (Å²) in [6, 6.07) is 7.26. The monoisotopic (exact) mass is 231 g/mol. The third-order valence-corrected chi connectivity index (χ3v) is 3.39. The van der Waals surface area contributed by atoms with Gasteiger partial charge in [0, 0.05) is 5.02 Å². The molecule has 0 aromatic heterocycles. The summed E-state index contributed by atoms with van der Waals surface area (Å²) in [5, 5.41) is 0.638. The summed E-state index contributed by atoms with van der Waals surface area (Å²) in [6.45, 7) is 2.52. The van der Waals surface area contributed by atoms with Crippen LogP contribution in [0.25, 0.3) is 0 Å². The van der Waals surface area contributed by atoms with Crippen molar-refractivity contribution >= 4 is 28.9 Å². The molecule has 1 aromatic rings. The van der Waals surface area contributed by atoms with Gasteiger partial charge in [0.25, 0.3) is 0 Å². The molecule has 1 heterocycles. The SMILES string of the molecule is C[C@@H]1CN(c2cccc(Cl)c2)[S+]([O-])O1. The second-order valence-electron chi connectivity index (χ2n) is 3.16. The molecule has 1 aliphatic rings. The maximum Gasteiger partial charge on any atom is 0.246 e. The van der Waals surface area contributed by atoms with E-state index >= 15 is 0 Å². The zero-order valence-electron chi connectivity index (χ0n) is 7.64. The van der Waals surface area contributed by atoms with E-state index in [0.717, 1.165) is 5.69 Å². The Kier molecular flexibility index (Phi) is 2.88. The highest BCUT2D eigenvalue weighted by Crippen LogP contribution is 2.27. The quantitative estimate of drug-likeness (QED) is 0.695. The van der Waals surface area contributed by atoms with Gasteiger partial charge in [-0.25, -0.2) is 0 Å². The molecule has 76 valence electrons. The predicted octanol–water partition coefficient (Wildman–Crippen LogP) is 2.14. The van der Waals surface area contributed by atoms with Crippen molar-refractivity contribution in [2.75, 3.05) is 10.8 Å². The highest BCUT2D eigenvalue weighted by molar-refractivity contribution is 7.88. The van der Waals surface area contributed by atoms with Crippen molar-refractivity contribution in [3.05, 3.63) is 29.3 Å². The van der Waals surface area contributed by atoms with Crippen molar-refractivity contribution in [3.63, 3.8) is 0 Å². The van der Waals surface area contributed by atoms with Crippen LogP contribution >= 0.6 is 11.6 Å². The lowest BCUT2D eigenvalue weighted by Crippen LogP contribution is -2.25. The van der Waals surface area contributed by atoms with Gasteiger partial charge in [-0.05, 0) is 25.1 Å². The number of hydrogen-bond acceptors (Lipinski definition) is 3. The molecule has 0 N–H and O–H groups in total. The molecule has 1 aliphatic heterocycles. The first kappa shape index (κ1) is 10.1. The van der Waals surface area contributed by atoms with Crippen molar-refractivity contribution < 1.29 is 8.74 Å². The minimum atomic E-state index is -1.38. The number of hydrogen-bond donors (Lipinski definition) is 0. The summed E-state index contributed by atoms with van der Waals surface area (Å²) >= 11 is 4.47. The molecule has 0 saturated carbocycles. The minimum absolute atomic E-state index is 0.00480. The summed E-state index contributed by atoms with van der Waals surface area (Å²) in [5.41, 5.74) is 0.834. The third-order valence-electron chi connectivity index (χ3n) is 1.95. The molecular weight excluding hydrogens is 222 g/mol. The highest BCUT2D eigenvalue weighted by Gasteiger charge is 2.35. The molecule has 1 fully saturated rings. The lowest BCUT2D eigenvalue weighted by Gasteiger charge is -2.14. The lowest BCUT2D eigenvalue weighted by molar-refractivity contribution is 0.269. The molecule has 0 bridgehead atoms. The third kappa shape index (κ3) is 1.98. The Balaban J connectivity index is 2.23. The first-order valence-corrected chi connectivity index (χ1v) is 5.70. The van der Waals surface area contributed by atoms with Gasteiger partial charge >= 0.3 is 0 Å². The van der Waals surface area contributed by atoms with Gasteiger partial charge in [0.15, 0.2) is 0 Å². The average Bonchev–Trinajstić information content (AvgIpc) is 2.45. The van der Waals surface area contributed by atoms with Gasteiger partial charge in [-0.2, -0.15) is 4.31 Å². The van der Waals surface area contributed by atoms with E-state index < -0.39 is 11.6 Å². The van der Waals surface area contributed by atoms with Crippen molar-refractivity contribution in [1.82, 2.24) is 0 Å². The molecule has 5 heteroatoms. The maximum atomic E-state index is 11.5. The van der Waals surface area contributed by atoms with Gasteiger partial charge in [-0.15, -0.1) is 4.18 Å². The molecule has 14 heavy (non-hydrogen) atoms. The molecule has 0 amide bonds. The summed E-state index contributed by atoms with van der Waals surface area (Å²) in [4.78, 5) is 0. The zero-order valence-corrected chi connectivity index (χ0v) is 9.22. The Labute approximate surface area is 91.1 Å². The van der Waals surface area contributed by atoms with Gasteiger partial charge in [0.2, 0.25) is 11.6 Å². The van der Waals surface area contributed by atoms with Crippen LogP contribution in [0.4, 0.5) is 5.69 Å². The molecule has 0 spiro atoms. The molecule has 3 nitrogen and oxygen atoms in total. The largest absolute Gasteiger partial charge is 0.560 e. The van der Waals surface area contributed by atoms with Gasteiger partial charge in [-0.3, -0.25) is 0 Å². The van der Waals surface area contributed by atoms with Crippen LogP contribution in [0.1, 0.15) is 6.92 Å². The van der Waals surface area contributed by atoms with Crippen molar-refractivity contribution in [2.45, 2.75) is 13.0 Å². The van der Waals surface area contributed by atoms with E-state index in [0.29, 0.717) is 11.6 Å². The predicted molar refractivity (Wildman–Crippen MR) is 57.5 cm³/mol. The standard InChI is InChI=1S/C9H10ClNO2S/c1-7-6-11(14(12)13-7)9-4-2-3-8(10)5-9/h2-5,7H,6H2,1H3/t7-,14?/m1/s1. The van der Waals surface area contributed by atoms with Gasteiger partial charge in [-0.1, -0.05) is 17.7 Å². The number of halogens is 1. The Bertz CT molecular complexity index is 336. The zero-order chi connectivity index (χ0) is 10.1. The fraction of sp³-hybridized carbons (Fsp3) is 0.333. The van der Waals surface area contributed by atoms with E-state index in [2.05, 4.69) is 0 Å². The molecular formula is C9H10ClNO2S. The number of anilines is 1. The summed E-state index contributed by atoms with van der Waals surface area (Å²) in [7, 11) is 0. The van der Waals surface area contributed by atoms with Crippen LogP contribution in [0.15, 0.2) is 24.3 Å². The molecule has 2 rings (SSSR count). The first-order chi connectivity index (χ1) is 6.66. The summed E-state index contributed by atoms with van der Waals surface area (Å²) in [5.74, 6) is 0. The molecule has 2 atom stereocenters. The van der Waals surface area contributed by atoms with Gasteiger partial charge in [0.05, 0.1) is 12.2 Å². The fourth-order valence-corrected chi connectivity index (χ4v) is 2.59. The Morgan fingerprint density at radius 3 is 3.00 bits per heavy atom. The van der Waals surface area contributed by atoms with Crippen LogP contribution in [0.3, 0.4) is 0 Å². The molecule has 1 unspecified atom stereocenters. The van der Waals surface area contributed by atoms with E-state index in [1.807, 2.05) is 19.1 Å². The van der Waals surface area contributed by atoms with Crippen LogP contribution in [0.2, 0.25) is 5.02 Å². The van der Waals surface area contributed by atoms with Crippen LogP contribution in [-0.2, 0) is 15.8 Å². The second-order valence-corrected chi connectivity index (χ2v) is 4.67. The van der Waals surface area contributed by atoms with E-state index in [1.54, 1.807) is 16.4 Å². The van der Waals surface area contributed by atoms with E-state index in [-0.39, 0.29) is 6.10 Å². The molecule has 0 aliphatic carbocycles. The van der Waals surface area contributed by atoms with Crippen LogP contribution in [0, 0.1) is 0 Å². The first-order valence-electron chi connectivity index (χ1n) is 4.29. The lowest BCUT2D eigenvalue weighted by atomic mass is 10.3. The number of rotatable bonds is 1. The molecule has 0 radical (unpaired) electrons. The number of nitrogens with zero attached hydrogens (tertiary/aromatic N) is 1.